The highest BCUT2D eigenvalue weighted by Gasteiger charge is 2.15. The first-order chi connectivity index (χ1) is 8.29. The van der Waals surface area contributed by atoms with Crippen LogP contribution >= 0.6 is 0 Å². The first-order valence-corrected chi connectivity index (χ1v) is 6.85. The van der Waals surface area contributed by atoms with Gasteiger partial charge in [-0.3, -0.25) is 0 Å². The summed E-state index contributed by atoms with van der Waals surface area (Å²) in [5.74, 6) is 2.60. The molecule has 1 N–H and O–H groups in total. The minimum atomic E-state index is 0.148. The number of aliphatic hydroxyl groups excluding tert-OH is 1. The lowest BCUT2D eigenvalue weighted by Crippen LogP contribution is -2.07. The van der Waals surface area contributed by atoms with Crippen LogP contribution in [0.5, 0.6) is 0 Å². The molecule has 1 aliphatic carbocycles. The number of aryl methyl sites for hydroxylation is 2. The van der Waals surface area contributed by atoms with Crippen LogP contribution in [-0.4, -0.2) is 16.7 Å². The van der Waals surface area contributed by atoms with Gasteiger partial charge in [0, 0.05) is 19.4 Å². The van der Waals surface area contributed by atoms with Gasteiger partial charge in [-0.05, 0) is 19.3 Å². The fourth-order valence-corrected chi connectivity index (χ4v) is 2.74. The molecule has 3 heteroatoms. The van der Waals surface area contributed by atoms with Crippen molar-refractivity contribution in [2.24, 2.45) is 5.92 Å². The van der Waals surface area contributed by atoms with Crippen molar-refractivity contribution in [3.05, 3.63) is 17.3 Å². The molecule has 0 radical (unpaired) electrons. The Hall–Kier alpha value is -0.830. The number of aliphatic hydroxyl groups is 1. The largest absolute Gasteiger partial charge is 0.446 e. The lowest BCUT2D eigenvalue weighted by atomic mass is 9.86. The molecule has 0 spiro atoms. The maximum absolute atomic E-state index is 8.91. The molecule has 0 amide bonds. The van der Waals surface area contributed by atoms with Crippen LogP contribution in [0.3, 0.4) is 0 Å². The van der Waals surface area contributed by atoms with Crippen LogP contribution in [0.1, 0.15) is 55.9 Å². The van der Waals surface area contributed by atoms with Crippen LogP contribution in [0, 0.1) is 12.8 Å². The Bertz CT molecular complexity index is 340. The molecule has 2 rings (SSSR count). The van der Waals surface area contributed by atoms with Gasteiger partial charge in [-0.2, -0.15) is 0 Å². The van der Waals surface area contributed by atoms with E-state index in [-0.39, 0.29) is 6.61 Å². The SMILES string of the molecule is Cc1oc(CCC2CCCCC2)nc1CCO. The van der Waals surface area contributed by atoms with E-state index in [1.54, 1.807) is 0 Å². The Morgan fingerprint density at radius 1 is 1.24 bits per heavy atom. The smallest absolute Gasteiger partial charge is 0.194 e. The van der Waals surface area contributed by atoms with E-state index in [0.717, 1.165) is 29.7 Å². The van der Waals surface area contributed by atoms with Crippen LogP contribution < -0.4 is 0 Å². The molecule has 0 aliphatic heterocycles. The monoisotopic (exact) mass is 237 g/mol. The Morgan fingerprint density at radius 3 is 2.71 bits per heavy atom. The zero-order chi connectivity index (χ0) is 12.1. The van der Waals surface area contributed by atoms with Gasteiger partial charge in [-0.15, -0.1) is 0 Å². The van der Waals surface area contributed by atoms with Crippen LogP contribution in [0.4, 0.5) is 0 Å². The van der Waals surface area contributed by atoms with E-state index in [2.05, 4.69) is 4.98 Å². The van der Waals surface area contributed by atoms with E-state index >= 15 is 0 Å². The molecule has 1 saturated carbocycles. The molecule has 1 aromatic heterocycles. The number of hydrogen-bond donors (Lipinski definition) is 1. The van der Waals surface area contributed by atoms with Gasteiger partial charge in [-0.1, -0.05) is 32.1 Å². The minimum absolute atomic E-state index is 0.148. The predicted octanol–water partition coefficient (Wildman–Crippen LogP) is 3.03. The summed E-state index contributed by atoms with van der Waals surface area (Å²) in [5.41, 5.74) is 0.922. The molecule has 17 heavy (non-hydrogen) atoms. The van der Waals surface area contributed by atoms with Gasteiger partial charge in [0.05, 0.1) is 5.69 Å². The number of aromatic nitrogens is 1. The van der Waals surface area contributed by atoms with Gasteiger partial charge in [-0.25, -0.2) is 4.98 Å². The molecule has 1 aliphatic rings. The van der Waals surface area contributed by atoms with E-state index < -0.39 is 0 Å². The second-order valence-electron chi connectivity index (χ2n) is 5.13. The van der Waals surface area contributed by atoms with Crippen LogP contribution in [0.15, 0.2) is 4.42 Å². The quantitative estimate of drug-likeness (QED) is 0.856. The molecule has 3 nitrogen and oxygen atoms in total. The average Bonchev–Trinajstić information content (AvgIpc) is 2.70. The second-order valence-corrected chi connectivity index (χ2v) is 5.13. The fraction of sp³-hybridized carbons (Fsp3) is 0.786. The molecule has 0 aromatic carbocycles. The highest BCUT2D eigenvalue weighted by Crippen LogP contribution is 2.27. The zero-order valence-electron chi connectivity index (χ0n) is 10.7. The van der Waals surface area contributed by atoms with Crippen LogP contribution in [-0.2, 0) is 12.8 Å². The summed E-state index contributed by atoms with van der Waals surface area (Å²) in [6.07, 6.45) is 9.73. The maximum Gasteiger partial charge on any atom is 0.194 e. The fourth-order valence-electron chi connectivity index (χ4n) is 2.74. The lowest BCUT2D eigenvalue weighted by molar-refractivity contribution is 0.297. The number of hydrogen-bond acceptors (Lipinski definition) is 3. The van der Waals surface area contributed by atoms with Gasteiger partial charge in [0.15, 0.2) is 5.89 Å². The minimum Gasteiger partial charge on any atom is -0.446 e. The summed E-state index contributed by atoms with van der Waals surface area (Å²) in [6, 6.07) is 0. The second kappa shape index (κ2) is 6.20. The first-order valence-electron chi connectivity index (χ1n) is 6.85. The topological polar surface area (TPSA) is 46.3 Å². The first kappa shape index (κ1) is 12.6. The van der Waals surface area contributed by atoms with Crippen molar-refractivity contribution in [3.63, 3.8) is 0 Å². The molecule has 0 bridgehead atoms. The lowest BCUT2D eigenvalue weighted by Gasteiger charge is -2.20. The third-order valence-electron chi connectivity index (χ3n) is 3.78. The molecule has 0 unspecified atom stereocenters. The summed E-state index contributed by atoms with van der Waals surface area (Å²) >= 11 is 0. The van der Waals surface area contributed by atoms with Crippen molar-refractivity contribution >= 4 is 0 Å². The highest BCUT2D eigenvalue weighted by atomic mass is 16.4. The van der Waals surface area contributed by atoms with E-state index in [1.807, 2.05) is 6.92 Å². The van der Waals surface area contributed by atoms with Gasteiger partial charge in [0.2, 0.25) is 0 Å². The van der Waals surface area contributed by atoms with Crippen molar-refractivity contribution in [2.75, 3.05) is 6.61 Å². The summed E-state index contributed by atoms with van der Waals surface area (Å²) in [6.45, 7) is 2.08. The normalized spacial score (nSPS) is 17.5. The van der Waals surface area contributed by atoms with Crippen molar-refractivity contribution in [3.8, 4) is 0 Å². The van der Waals surface area contributed by atoms with Crippen LogP contribution in [0.25, 0.3) is 0 Å². The van der Waals surface area contributed by atoms with Crippen molar-refractivity contribution in [2.45, 2.75) is 58.3 Å². The average molecular weight is 237 g/mol. The Labute approximate surface area is 103 Å². The maximum atomic E-state index is 8.91. The van der Waals surface area contributed by atoms with E-state index in [9.17, 15) is 0 Å². The third-order valence-corrected chi connectivity index (χ3v) is 3.78. The molecule has 1 aromatic rings. The standard InChI is InChI=1S/C14H23NO2/c1-11-13(9-10-16)15-14(17-11)8-7-12-5-3-2-4-6-12/h12,16H,2-10H2,1H3. The third kappa shape index (κ3) is 3.56. The summed E-state index contributed by atoms with van der Waals surface area (Å²) in [7, 11) is 0. The van der Waals surface area contributed by atoms with Crippen molar-refractivity contribution in [1.29, 1.82) is 0 Å². The summed E-state index contributed by atoms with van der Waals surface area (Å²) in [5, 5.41) is 8.91. The summed E-state index contributed by atoms with van der Waals surface area (Å²) < 4.78 is 5.64. The molecule has 1 heterocycles. The van der Waals surface area contributed by atoms with Crippen LogP contribution in [0.2, 0.25) is 0 Å². The molecule has 0 saturated heterocycles. The Balaban J connectivity index is 1.83. The molecular formula is C14H23NO2. The van der Waals surface area contributed by atoms with Gasteiger partial charge < -0.3 is 9.52 Å². The molecule has 96 valence electrons. The van der Waals surface area contributed by atoms with Gasteiger partial charge >= 0.3 is 0 Å². The Morgan fingerprint density at radius 2 is 2.00 bits per heavy atom. The van der Waals surface area contributed by atoms with E-state index in [1.165, 1.54) is 38.5 Å². The van der Waals surface area contributed by atoms with Gasteiger partial charge in [0.25, 0.3) is 0 Å². The van der Waals surface area contributed by atoms with Crippen molar-refractivity contribution in [1.82, 2.24) is 4.98 Å². The van der Waals surface area contributed by atoms with Crippen molar-refractivity contribution < 1.29 is 9.52 Å². The van der Waals surface area contributed by atoms with E-state index in [0.29, 0.717) is 6.42 Å². The number of oxazole rings is 1. The molecule has 1 fully saturated rings. The molecular weight excluding hydrogens is 214 g/mol. The van der Waals surface area contributed by atoms with Gasteiger partial charge in [0.1, 0.15) is 5.76 Å². The van der Waals surface area contributed by atoms with E-state index in [4.69, 9.17) is 9.52 Å². The number of rotatable bonds is 5. The number of nitrogens with zero attached hydrogens (tertiary/aromatic N) is 1. The molecule has 0 atom stereocenters. The predicted molar refractivity (Wildman–Crippen MR) is 66.9 cm³/mol. The summed E-state index contributed by atoms with van der Waals surface area (Å²) in [4.78, 5) is 4.46. The zero-order valence-corrected chi connectivity index (χ0v) is 10.7. The Kier molecular flexibility index (Phi) is 4.60. The highest BCUT2D eigenvalue weighted by molar-refractivity contribution is 5.08.